The Bertz CT molecular complexity index is 1370. The number of aryl methyl sites for hydroxylation is 2. The maximum absolute atomic E-state index is 13.3. The van der Waals surface area contributed by atoms with Gasteiger partial charge in [-0.05, 0) is 79.3 Å². The van der Waals surface area contributed by atoms with Crippen molar-refractivity contribution in [1.82, 2.24) is 0 Å². The maximum Gasteiger partial charge on any atom is 0.258 e. The second-order valence-corrected chi connectivity index (χ2v) is 8.99. The largest absolute Gasteiger partial charge is 0.322 e. The summed E-state index contributed by atoms with van der Waals surface area (Å²) in [4.78, 5) is 28.4. The SMILES string of the molecule is Cc1cccc(-c2ccccc2C(=O)Nc2ccc(C(=O)N3CCCCc4ccccc43)cc2)c1. The summed E-state index contributed by atoms with van der Waals surface area (Å²) >= 11 is 0. The first-order valence-electron chi connectivity index (χ1n) is 12.1. The maximum atomic E-state index is 13.3. The molecule has 1 N–H and O–H groups in total. The van der Waals surface area contributed by atoms with Gasteiger partial charge >= 0.3 is 0 Å². The number of nitrogens with zero attached hydrogens (tertiary/aromatic N) is 1. The van der Waals surface area contributed by atoms with Gasteiger partial charge in [-0.2, -0.15) is 0 Å². The number of nitrogens with one attached hydrogen (secondary N) is 1. The van der Waals surface area contributed by atoms with E-state index in [9.17, 15) is 9.59 Å². The lowest BCUT2D eigenvalue weighted by Crippen LogP contribution is -2.31. The molecule has 174 valence electrons. The summed E-state index contributed by atoms with van der Waals surface area (Å²) in [5.41, 5.74) is 7.13. The monoisotopic (exact) mass is 460 g/mol. The van der Waals surface area contributed by atoms with Crippen LogP contribution in [0.5, 0.6) is 0 Å². The van der Waals surface area contributed by atoms with Crippen molar-refractivity contribution < 1.29 is 9.59 Å². The van der Waals surface area contributed by atoms with Gasteiger partial charge in [-0.1, -0.05) is 66.2 Å². The number of hydrogen-bond donors (Lipinski definition) is 1. The number of rotatable bonds is 4. The van der Waals surface area contributed by atoms with Crippen LogP contribution in [-0.4, -0.2) is 18.4 Å². The van der Waals surface area contributed by atoms with E-state index in [1.807, 2.05) is 72.5 Å². The summed E-state index contributed by atoms with van der Waals surface area (Å²) in [6, 6.07) is 31.1. The fraction of sp³-hybridized carbons (Fsp3) is 0.161. The van der Waals surface area contributed by atoms with Crippen molar-refractivity contribution >= 4 is 23.2 Å². The Kier molecular flexibility index (Phi) is 6.44. The van der Waals surface area contributed by atoms with Gasteiger partial charge in [-0.3, -0.25) is 9.59 Å². The van der Waals surface area contributed by atoms with Gasteiger partial charge in [-0.15, -0.1) is 0 Å². The molecule has 0 radical (unpaired) electrons. The van der Waals surface area contributed by atoms with Gasteiger partial charge in [-0.25, -0.2) is 0 Å². The molecule has 2 amide bonds. The van der Waals surface area contributed by atoms with Crippen molar-refractivity contribution in [2.75, 3.05) is 16.8 Å². The molecule has 1 aliphatic rings. The fourth-order valence-corrected chi connectivity index (χ4v) is 4.70. The first-order valence-corrected chi connectivity index (χ1v) is 12.1. The first kappa shape index (κ1) is 22.6. The number of hydrogen-bond acceptors (Lipinski definition) is 2. The highest BCUT2D eigenvalue weighted by molar-refractivity contribution is 6.09. The lowest BCUT2D eigenvalue weighted by molar-refractivity contribution is 0.0985. The molecule has 0 spiro atoms. The fourth-order valence-electron chi connectivity index (χ4n) is 4.70. The van der Waals surface area contributed by atoms with Crippen LogP contribution < -0.4 is 10.2 Å². The van der Waals surface area contributed by atoms with Crippen LogP contribution >= 0.6 is 0 Å². The van der Waals surface area contributed by atoms with Crippen molar-refractivity contribution in [2.24, 2.45) is 0 Å². The molecule has 0 unspecified atom stereocenters. The van der Waals surface area contributed by atoms with Gasteiger partial charge in [0.1, 0.15) is 0 Å². The number of amides is 2. The molecule has 0 aromatic heterocycles. The average molecular weight is 461 g/mol. The number of carbonyl (C=O) groups is 2. The molecule has 0 saturated heterocycles. The van der Waals surface area contributed by atoms with E-state index in [2.05, 4.69) is 17.4 Å². The highest BCUT2D eigenvalue weighted by atomic mass is 16.2. The number of anilines is 2. The molecule has 0 bridgehead atoms. The molecule has 0 aliphatic carbocycles. The number of fused-ring (bicyclic) bond motifs is 1. The highest BCUT2D eigenvalue weighted by Crippen LogP contribution is 2.28. The number of para-hydroxylation sites is 1. The molecular formula is C31H28N2O2. The van der Waals surface area contributed by atoms with Gasteiger partial charge in [0.15, 0.2) is 0 Å². The van der Waals surface area contributed by atoms with E-state index >= 15 is 0 Å². The Morgan fingerprint density at radius 3 is 2.40 bits per heavy atom. The zero-order chi connectivity index (χ0) is 24.2. The Labute approximate surface area is 206 Å². The van der Waals surface area contributed by atoms with Crippen molar-refractivity contribution in [3.8, 4) is 11.1 Å². The zero-order valence-corrected chi connectivity index (χ0v) is 19.8. The highest BCUT2D eigenvalue weighted by Gasteiger charge is 2.22. The normalized spacial score (nSPS) is 13.0. The van der Waals surface area contributed by atoms with Gasteiger partial charge < -0.3 is 10.2 Å². The summed E-state index contributed by atoms with van der Waals surface area (Å²) in [6.45, 7) is 2.75. The van der Waals surface area contributed by atoms with Crippen LogP contribution in [0.4, 0.5) is 11.4 Å². The van der Waals surface area contributed by atoms with Crippen LogP contribution in [0, 0.1) is 6.92 Å². The lowest BCUT2D eigenvalue weighted by atomic mass is 9.98. The van der Waals surface area contributed by atoms with Crippen LogP contribution in [0.3, 0.4) is 0 Å². The van der Waals surface area contributed by atoms with Gasteiger partial charge in [0, 0.05) is 29.0 Å². The van der Waals surface area contributed by atoms with Crippen LogP contribution in [0.2, 0.25) is 0 Å². The van der Waals surface area contributed by atoms with E-state index in [0.717, 1.165) is 41.6 Å². The Morgan fingerprint density at radius 2 is 1.57 bits per heavy atom. The Hall–Kier alpha value is -4.18. The standard InChI is InChI=1S/C31H28N2O2/c1-22-9-8-12-25(21-22)27-13-3-4-14-28(27)30(34)32-26-18-16-24(17-19-26)31(35)33-20-7-6-11-23-10-2-5-15-29(23)33/h2-5,8-10,12-19,21H,6-7,11,20H2,1H3,(H,32,34). The number of carbonyl (C=O) groups excluding carboxylic acids is 2. The van der Waals surface area contributed by atoms with Crippen LogP contribution in [-0.2, 0) is 6.42 Å². The first-order chi connectivity index (χ1) is 17.1. The second-order valence-electron chi connectivity index (χ2n) is 8.99. The van der Waals surface area contributed by atoms with E-state index in [0.29, 0.717) is 23.4 Å². The molecule has 1 heterocycles. The van der Waals surface area contributed by atoms with E-state index in [4.69, 9.17) is 0 Å². The van der Waals surface area contributed by atoms with Crippen LogP contribution in [0.15, 0.2) is 97.1 Å². The topological polar surface area (TPSA) is 49.4 Å². The van der Waals surface area contributed by atoms with E-state index in [1.54, 1.807) is 24.3 Å². The molecule has 4 nitrogen and oxygen atoms in total. The predicted octanol–water partition coefficient (Wildman–Crippen LogP) is 6.90. The molecule has 5 rings (SSSR count). The molecule has 4 aromatic carbocycles. The van der Waals surface area contributed by atoms with Gasteiger partial charge in [0.05, 0.1) is 0 Å². The summed E-state index contributed by atoms with van der Waals surface area (Å²) in [7, 11) is 0. The predicted molar refractivity (Wildman–Crippen MR) is 142 cm³/mol. The minimum Gasteiger partial charge on any atom is -0.322 e. The lowest BCUT2D eigenvalue weighted by Gasteiger charge is -2.23. The summed E-state index contributed by atoms with van der Waals surface area (Å²) in [5, 5.41) is 2.99. The summed E-state index contributed by atoms with van der Waals surface area (Å²) in [5.74, 6) is -0.190. The Balaban J connectivity index is 1.35. The molecule has 1 aliphatic heterocycles. The summed E-state index contributed by atoms with van der Waals surface area (Å²) < 4.78 is 0. The zero-order valence-electron chi connectivity index (χ0n) is 19.8. The third-order valence-corrected chi connectivity index (χ3v) is 6.50. The number of benzene rings is 4. The molecule has 0 atom stereocenters. The second kappa shape index (κ2) is 9.98. The van der Waals surface area contributed by atoms with Gasteiger partial charge in [0.2, 0.25) is 0 Å². The van der Waals surface area contributed by atoms with E-state index < -0.39 is 0 Å². The minimum atomic E-state index is -0.178. The molecule has 0 fully saturated rings. The third-order valence-electron chi connectivity index (χ3n) is 6.50. The average Bonchev–Trinajstić information content (AvgIpc) is 3.11. The van der Waals surface area contributed by atoms with Crippen LogP contribution in [0.1, 0.15) is 44.7 Å². The third kappa shape index (κ3) is 4.87. The molecule has 0 saturated carbocycles. The van der Waals surface area contributed by atoms with Crippen molar-refractivity contribution in [3.05, 3.63) is 119 Å². The van der Waals surface area contributed by atoms with Crippen molar-refractivity contribution in [3.63, 3.8) is 0 Å². The molecule has 4 heteroatoms. The van der Waals surface area contributed by atoms with Gasteiger partial charge in [0.25, 0.3) is 11.8 Å². The molecule has 35 heavy (non-hydrogen) atoms. The van der Waals surface area contributed by atoms with Crippen LogP contribution in [0.25, 0.3) is 11.1 Å². The summed E-state index contributed by atoms with van der Waals surface area (Å²) in [6.07, 6.45) is 3.06. The molecule has 4 aromatic rings. The van der Waals surface area contributed by atoms with Crippen molar-refractivity contribution in [2.45, 2.75) is 26.2 Å². The Morgan fingerprint density at radius 1 is 0.800 bits per heavy atom. The van der Waals surface area contributed by atoms with Crippen molar-refractivity contribution in [1.29, 1.82) is 0 Å². The van der Waals surface area contributed by atoms with E-state index in [-0.39, 0.29) is 11.8 Å². The molecular weight excluding hydrogens is 432 g/mol. The van der Waals surface area contributed by atoms with E-state index in [1.165, 1.54) is 5.56 Å². The quantitative estimate of drug-likeness (QED) is 0.360. The smallest absolute Gasteiger partial charge is 0.258 e. The minimum absolute atomic E-state index is 0.0120.